The average molecular weight is 278 g/mol. The Morgan fingerprint density at radius 2 is 2.00 bits per heavy atom. The van der Waals surface area contributed by atoms with Crippen molar-refractivity contribution in [2.75, 3.05) is 5.32 Å². The third kappa shape index (κ3) is 2.28. The van der Waals surface area contributed by atoms with Crippen LogP contribution >= 0.6 is 0 Å². The lowest BCUT2D eigenvalue weighted by Gasteiger charge is -2.00. The molecule has 0 bridgehead atoms. The highest BCUT2D eigenvalue weighted by molar-refractivity contribution is 5.84. The Hall–Kier alpha value is -3.33. The minimum Gasteiger partial charge on any atom is -0.465 e. The molecule has 0 radical (unpaired) electrons. The van der Waals surface area contributed by atoms with Crippen molar-refractivity contribution in [1.82, 2.24) is 9.61 Å². The smallest absolute Gasteiger partial charge is 0.409 e. The number of nitrogens with one attached hydrogen (secondary N) is 1. The minimum atomic E-state index is -1.15. The quantitative estimate of drug-likeness (QED) is 0.754. The van der Waals surface area contributed by atoms with Gasteiger partial charge in [-0.05, 0) is 12.1 Å². The van der Waals surface area contributed by atoms with Gasteiger partial charge in [-0.15, -0.1) is 0 Å². The van der Waals surface area contributed by atoms with Gasteiger partial charge in [0.15, 0.2) is 0 Å². The number of anilines is 1. The summed E-state index contributed by atoms with van der Waals surface area (Å²) in [5.74, 6) is 0. The summed E-state index contributed by atoms with van der Waals surface area (Å²) in [5.41, 5.74) is 2.90. The van der Waals surface area contributed by atoms with Crippen LogP contribution in [0.15, 0.2) is 48.7 Å². The second-order valence-corrected chi connectivity index (χ2v) is 4.38. The van der Waals surface area contributed by atoms with Crippen molar-refractivity contribution in [3.05, 3.63) is 54.2 Å². The molecule has 6 nitrogen and oxygen atoms in total. The van der Waals surface area contributed by atoms with E-state index in [0.717, 1.165) is 5.56 Å². The summed E-state index contributed by atoms with van der Waals surface area (Å²) in [4.78, 5) is 10.7. The molecule has 3 aromatic rings. The van der Waals surface area contributed by atoms with E-state index in [9.17, 15) is 10.1 Å². The number of benzene rings is 1. The molecule has 0 aliphatic rings. The van der Waals surface area contributed by atoms with Gasteiger partial charge in [-0.25, -0.2) is 9.31 Å². The minimum absolute atomic E-state index is 0.390. The Labute approximate surface area is 119 Å². The SMILES string of the molecule is N#Cc1c(-c2ccccc2)nn2cc(NC(=O)O)ccc12. The molecule has 0 saturated heterocycles. The van der Waals surface area contributed by atoms with Gasteiger partial charge >= 0.3 is 6.09 Å². The molecular formula is C15H10N4O2. The molecule has 1 aromatic carbocycles. The second-order valence-electron chi connectivity index (χ2n) is 4.38. The molecule has 0 unspecified atom stereocenters. The third-order valence-corrected chi connectivity index (χ3v) is 3.04. The van der Waals surface area contributed by atoms with Crippen molar-refractivity contribution in [3.63, 3.8) is 0 Å². The molecule has 2 N–H and O–H groups in total. The highest BCUT2D eigenvalue weighted by Gasteiger charge is 2.14. The van der Waals surface area contributed by atoms with E-state index in [0.29, 0.717) is 22.5 Å². The van der Waals surface area contributed by atoms with Crippen LogP contribution in [0.5, 0.6) is 0 Å². The molecule has 2 heterocycles. The molecule has 0 aliphatic heterocycles. The summed E-state index contributed by atoms with van der Waals surface area (Å²) >= 11 is 0. The Morgan fingerprint density at radius 3 is 2.67 bits per heavy atom. The molecule has 0 spiro atoms. The molecule has 6 heteroatoms. The standard InChI is InChI=1S/C15H10N4O2/c16-8-12-13-7-6-11(17-15(20)21)9-19(13)18-14(12)10-4-2-1-3-5-10/h1-7,9,17H,(H,20,21). The topological polar surface area (TPSA) is 90.4 Å². The van der Waals surface area contributed by atoms with Gasteiger partial charge in [-0.2, -0.15) is 10.4 Å². The van der Waals surface area contributed by atoms with Gasteiger partial charge in [0.05, 0.1) is 17.4 Å². The van der Waals surface area contributed by atoms with E-state index in [1.54, 1.807) is 12.1 Å². The monoisotopic (exact) mass is 278 g/mol. The number of rotatable bonds is 2. The number of fused-ring (bicyclic) bond motifs is 1. The molecule has 102 valence electrons. The predicted molar refractivity (Wildman–Crippen MR) is 77.0 cm³/mol. The maximum Gasteiger partial charge on any atom is 0.409 e. The van der Waals surface area contributed by atoms with Gasteiger partial charge in [-0.3, -0.25) is 5.32 Å². The van der Waals surface area contributed by atoms with Crippen molar-refractivity contribution in [2.45, 2.75) is 0 Å². The summed E-state index contributed by atoms with van der Waals surface area (Å²) in [6, 6.07) is 14.8. The lowest BCUT2D eigenvalue weighted by molar-refractivity contribution is 0.209. The van der Waals surface area contributed by atoms with Gasteiger partial charge in [0.25, 0.3) is 0 Å². The van der Waals surface area contributed by atoms with E-state index in [2.05, 4.69) is 16.5 Å². The van der Waals surface area contributed by atoms with E-state index in [1.807, 2.05) is 30.3 Å². The molecule has 0 atom stereocenters. The van der Waals surface area contributed by atoms with Gasteiger partial charge in [0.2, 0.25) is 0 Å². The Balaban J connectivity index is 2.18. The van der Waals surface area contributed by atoms with Gasteiger partial charge in [0, 0.05) is 5.56 Å². The van der Waals surface area contributed by atoms with Crippen LogP contribution < -0.4 is 5.32 Å². The van der Waals surface area contributed by atoms with Crippen molar-refractivity contribution >= 4 is 17.3 Å². The zero-order valence-electron chi connectivity index (χ0n) is 10.8. The van der Waals surface area contributed by atoms with Gasteiger partial charge in [-0.1, -0.05) is 30.3 Å². The van der Waals surface area contributed by atoms with Crippen molar-refractivity contribution < 1.29 is 9.90 Å². The first-order valence-electron chi connectivity index (χ1n) is 6.17. The molecule has 2 aromatic heterocycles. The number of carbonyl (C=O) groups is 1. The number of nitrogens with zero attached hydrogens (tertiary/aromatic N) is 3. The average Bonchev–Trinajstić information content (AvgIpc) is 2.85. The molecule has 0 fully saturated rings. The van der Waals surface area contributed by atoms with Crippen LogP contribution in [0.4, 0.5) is 10.5 Å². The highest BCUT2D eigenvalue weighted by atomic mass is 16.4. The fraction of sp³-hybridized carbons (Fsp3) is 0. The molecule has 0 aliphatic carbocycles. The summed E-state index contributed by atoms with van der Waals surface area (Å²) in [6.45, 7) is 0. The number of pyridine rings is 1. The van der Waals surface area contributed by atoms with Crippen LogP contribution in [0.25, 0.3) is 16.8 Å². The number of aromatic nitrogens is 2. The predicted octanol–water partition coefficient (Wildman–Crippen LogP) is 2.96. The van der Waals surface area contributed by atoms with Gasteiger partial charge in [0.1, 0.15) is 17.3 Å². The normalized spacial score (nSPS) is 10.2. The van der Waals surface area contributed by atoms with E-state index in [1.165, 1.54) is 10.7 Å². The summed E-state index contributed by atoms with van der Waals surface area (Å²) < 4.78 is 1.51. The van der Waals surface area contributed by atoms with Crippen LogP contribution in [0.2, 0.25) is 0 Å². The Kier molecular flexibility index (Phi) is 3.01. The van der Waals surface area contributed by atoms with E-state index < -0.39 is 6.09 Å². The molecular weight excluding hydrogens is 268 g/mol. The van der Waals surface area contributed by atoms with E-state index in [4.69, 9.17) is 5.11 Å². The largest absolute Gasteiger partial charge is 0.465 e. The van der Waals surface area contributed by atoms with Crippen LogP contribution in [-0.4, -0.2) is 20.8 Å². The number of carboxylic acid groups (broad SMARTS) is 1. The number of amides is 1. The lowest BCUT2D eigenvalue weighted by Crippen LogP contribution is -2.07. The first kappa shape index (κ1) is 12.7. The zero-order chi connectivity index (χ0) is 14.8. The number of hydrogen-bond acceptors (Lipinski definition) is 3. The highest BCUT2D eigenvalue weighted by Crippen LogP contribution is 2.26. The first-order chi connectivity index (χ1) is 10.2. The molecule has 21 heavy (non-hydrogen) atoms. The third-order valence-electron chi connectivity index (χ3n) is 3.04. The van der Waals surface area contributed by atoms with Gasteiger partial charge < -0.3 is 5.11 Å². The van der Waals surface area contributed by atoms with E-state index >= 15 is 0 Å². The zero-order valence-corrected chi connectivity index (χ0v) is 10.8. The van der Waals surface area contributed by atoms with Crippen molar-refractivity contribution in [2.24, 2.45) is 0 Å². The Morgan fingerprint density at radius 1 is 1.24 bits per heavy atom. The summed E-state index contributed by atoms with van der Waals surface area (Å²) in [6.07, 6.45) is 0.391. The fourth-order valence-corrected chi connectivity index (χ4v) is 2.15. The maximum absolute atomic E-state index is 10.7. The first-order valence-corrected chi connectivity index (χ1v) is 6.17. The maximum atomic E-state index is 10.7. The second kappa shape index (κ2) is 4.98. The summed E-state index contributed by atoms with van der Waals surface area (Å²) in [5, 5.41) is 24.7. The van der Waals surface area contributed by atoms with Crippen LogP contribution in [0.1, 0.15) is 5.56 Å². The van der Waals surface area contributed by atoms with Crippen LogP contribution in [0.3, 0.4) is 0 Å². The van der Waals surface area contributed by atoms with Crippen LogP contribution in [-0.2, 0) is 0 Å². The fourth-order valence-electron chi connectivity index (χ4n) is 2.15. The summed E-state index contributed by atoms with van der Waals surface area (Å²) in [7, 11) is 0. The molecule has 1 amide bonds. The van der Waals surface area contributed by atoms with Crippen LogP contribution in [0, 0.1) is 11.3 Å². The van der Waals surface area contributed by atoms with Crippen molar-refractivity contribution in [3.8, 4) is 17.3 Å². The molecule has 0 saturated carbocycles. The molecule has 3 rings (SSSR count). The Bertz CT molecular complexity index is 863. The number of hydrogen-bond donors (Lipinski definition) is 2. The van der Waals surface area contributed by atoms with E-state index in [-0.39, 0.29) is 0 Å². The number of nitriles is 1. The van der Waals surface area contributed by atoms with Crippen molar-refractivity contribution in [1.29, 1.82) is 5.26 Å². The lowest BCUT2D eigenvalue weighted by atomic mass is 10.1.